The number of aromatic nitrogens is 6. The monoisotopic (exact) mass is 473 g/mol. The Morgan fingerprint density at radius 1 is 1.14 bits per heavy atom. The first kappa shape index (κ1) is 22.6. The van der Waals surface area contributed by atoms with Gasteiger partial charge in [0.15, 0.2) is 0 Å². The Labute approximate surface area is 202 Å². The number of hydrogen-bond acceptors (Lipinski definition) is 7. The summed E-state index contributed by atoms with van der Waals surface area (Å²) < 4.78 is 10.7. The van der Waals surface area contributed by atoms with E-state index in [0.29, 0.717) is 18.2 Å². The van der Waals surface area contributed by atoms with Crippen LogP contribution in [0.25, 0.3) is 11.4 Å². The van der Waals surface area contributed by atoms with Crippen LogP contribution in [0.3, 0.4) is 0 Å². The van der Waals surface area contributed by atoms with E-state index in [0.717, 1.165) is 52.4 Å². The van der Waals surface area contributed by atoms with E-state index in [4.69, 9.17) is 9.94 Å². The maximum atomic E-state index is 12.5. The third-order valence-corrected chi connectivity index (χ3v) is 6.46. The minimum Gasteiger partial charge on any atom is -0.489 e. The van der Waals surface area contributed by atoms with Gasteiger partial charge in [-0.25, -0.2) is 9.48 Å². The molecule has 0 unspecified atom stereocenters. The van der Waals surface area contributed by atoms with Gasteiger partial charge in [-0.3, -0.25) is 0 Å². The Kier molecular flexibility index (Phi) is 5.72. The molecule has 0 radical (unpaired) electrons. The van der Waals surface area contributed by atoms with Crippen molar-refractivity contribution in [1.82, 2.24) is 29.6 Å². The highest BCUT2D eigenvalue weighted by atomic mass is 16.5. The lowest BCUT2D eigenvalue weighted by Crippen LogP contribution is -2.23. The van der Waals surface area contributed by atoms with Crippen molar-refractivity contribution in [3.8, 4) is 17.1 Å². The van der Waals surface area contributed by atoms with Crippen molar-refractivity contribution < 1.29 is 9.94 Å². The minimum absolute atomic E-state index is 0.296. The van der Waals surface area contributed by atoms with E-state index in [9.17, 15) is 4.79 Å². The summed E-state index contributed by atoms with van der Waals surface area (Å²) in [6.07, 6.45) is 3.66. The molecule has 1 fully saturated rings. The van der Waals surface area contributed by atoms with Gasteiger partial charge in [0, 0.05) is 18.2 Å². The second-order valence-electron chi connectivity index (χ2n) is 8.90. The van der Waals surface area contributed by atoms with Gasteiger partial charge in [-0.1, -0.05) is 17.3 Å². The van der Waals surface area contributed by atoms with Crippen molar-refractivity contribution >= 4 is 6.21 Å². The van der Waals surface area contributed by atoms with Crippen LogP contribution in [0, 0.1) is 20.8 Å². The summed E-state index contributed by atoms with van der Waals surface area (Å²) in [5.41, 5.74) is 6.83. The molecule has 35 heavy (non-hydrogen) atoms. The lowest BCUT2D eigenvalue weighted by molar-refractivity contribution is 0.302. The predicted molar refractivity (Wildman–Crippen MR) is 130 cm³/mol. The van der Waals surface area contributed by atoms with E-state index in [2.05, 4.69) is 26.7 Å². The summed E-state index contributed by atoms with van der Waals surface area (Å²) >= 11 is 0. The average Bonchev–Trinajstić information content (AvgIpc) is 3.59. The van der Waals surface area contributed by atoms with Gasteiger partial charge in [0.2, 0.25) is 0 Å². The molecule has 1 saturated carbocycles. The molecule has 10 nitrogen and oxygen atoms in total. The van der Waals surface area contributed by atoms with Crippen LogP contribution in [-0.4, -0.2) is 41.0 Å². The summed E-state index contributed by atoms with van der Waals surface area (Å²) in [5.74, 6) is 1.22. The first-order valence-corrected chi connectivity index (χ1v) is 11.5. The number of rotatable bonds is 7. The highest BCUT2D eigenvalue weighted by Crippen LogP contribution is 2.43. The Balaban J connectivity index is 1.45. The van der Waals surface area contributed by atoms with Gasteiger partial charge in [-0.05, 0) is 85.3 Å². The molecule has 0 saturated heterocycles. The smallest absolute Gasteiger partial charge is 0.368 e. The van der Waals surface area contributed by atoms with Crippen molar-refractivity contribution in [2.45, 2.75) is 46.1 Å². The number of oxime groups is 1. The van der Waals surface area contributed by atoms with Crippen LogP contribution in [-0.2, 0) is 13.7 Å². The highest BCUT2D eigenvalue weighted by molar-refractivity contribution is 5.82. The van der Waals surface area contributed by atoms with Crippen LogP contribution in [0.5, 0.6) is 5.75 Å². The van der Waals surface area contributed by atoms with Crippen LogP contribution in [0.2, 0.25) is 0 Å². The lowest BCUT2D eigenvalue weighted by atomic mass is 10.0. The second-order valence-corrected chi connectivity index (χ2v) is 8.90. The van der Waals surface area contributed by atoms with Crippen molar-refractivity contribution in [3.63, 3.8) is 0 Å². The van der Waals surface area contributed by atoms with Crippen molar-refractivity contribution in [2.24, 2.45) is 12.2 Å². The molecule has 5 rings (SSSR count). The molecule has 0 bridgehead atoms. The van der Waals surface area contributed by atoms with Gasteiger partial charge in [-0.2, -0.15) is 14.5 Å². The fourth-order valence-electron chi connectivity index (χ4n) is 4.42. The van der Waals surface area contributed by atoms with Gasteiger partial charge in [0.05, 0.1) is 29.0 Å². The molecule has 1 aliphatic rings. The van der Waals surface area contributed by atoms with Crippen molar-refractivity contribution in [1.29, 1.82) is 0 Å². The number of aryl methyl sites for hydroxylation is 3. The number of tetrazole rings is 1. The fraction of sp³-hybridized carbons (Fsp3) is 0.320. The summed E-state index contributed by atoms with van der Waals surface area (Å²) in [6.45, 7) is 6.10. The summed E-state index contributed by atoms with van der Waals surface area (Å²) in [7, 11) is 1.58. The standard InChI is InChI=1S/C25H27N7O3/c1-15-12-19(31-17(3)21(13-26-34)16(2)27-31)10-11-24(15)35-14-22-20(18-8-9-18)6-5-7-23(22)32-25(33)30(4)28-29-32/h5-7,10-13,18,34H,8-9,14H2,1-4H3. The van der Waals surface area contributed by atoms with E-state index < -0.39 is 0 Å². The predicted octanol–water partition coefficient (Wildman–Crippen LogP) is 3.34. The zero-order chi connectivity index (χ0) is 24.7. The minimum atomic E-state index is -0.296. The molecule has 2 aromatic carbocycles. The summed E-state index contributed by atoms with van der Waals surface area (Å²) in [6, 6.07) is 11.8. The van der Waals surface area contributed by atoms with E-state index in [-0.39, 0.29) is 5.69 Å². The van der Waals surface area contributed by atoms with Gasteiger partial charge < -0.3 is 9.94 Å². The van der Waals surface area contributed by atoms with Crippen molar-refractivity contribution in [2.75, 3.05) is 0 Å². The van der Waals surface area contributed by atoms with E-state index in [1.165, 1.54) is 21.1 Å². The topological polar surface area (TPSA) is 112 Å². The fourth-order valence-corrected chi connectivity index (χ4v) is 4.42. The van der Waals surface area contributed by atoms with E-state index >= 15 is 0 Å². The molecular formula is C25H27N7O3. The highest BCUT2D eigenvalue weighted by Gasteiger charge is 2.28. The number of hydrogen-bond donors (Lipinski definition) is 1. The first-order chi connectivity index (χ1) is 16.9. The lowest BCUT2D eigenvalue weighted by Gasteiger charge is -2.16. The van der Waals surface area contributed by atoms with Gasteiger partial charge >= 0.3 is 5.69 Å². The molecule has 4 aromatic rings. The molecule has 180 valence electrons. The SMILES string of the molecule is Cc1cc(-n2nc(C)c(C=NO)c2C)ccc1OCc1c(C2CC2)cccc1-n1nnn(C)c1=O. The molecule has 1 aliphatic carbocycles. The molecule has 10 heteroatoms. The third-order valence-electron chi connectivity index (χ3n) is 6.46. The molecule has 0 amide bonds. The second kappa shape index (κ2) is 8.86. The Morgan fingerprint density at radius 3 is 2.60 bits per heavy atom. The summed E-state index contributed by atoms with van der Waals surface area (Å²) in [5, 5.41) is 24.6. The molecule has 0 aliphatic heterocycles. The van der Waals surface area contributed by atoms with Crippen molar-refractivity contribution in [3.05, 3.63) is 80.5 Å². The zero-order valence-corrected chi connectivity index (χ0v) is 20.1. The first-order valence-electron chi connectivity index (χ1n) is 11.5. The number of benzene rings is 2. The maximum absolute atomic E-state index is 12.5. The maximum Gasteiger partial charge on any atom is 0.368 e. The van der Waals surface area contributed by atoms with Crippen LogP contribution in [0.1, 0.15) is 52.4 Å². The van der Waals surface area contributed by atoms with Crippen LogP contribution in [0.4, 0.5) is 0 Å². The van der Waals surface area contributed by atoms with Crippen LogP contribution >= 0.6 is 0 Å². The van der Waals surface area contributed by atoms with Gasteiger partial charge in [-0.15, -0.1) is 0 Å². The van der Waals surface area contributed by atoms with E-state index in [1.54, 1.807) is 7.05 Å². The largest absolute Gasteiger partial charge is 0.489 e. The Morgan fingerprint density at radius 2 is 1.94 bits per heavy atom. The Bertz CT molecular complexity index is 1490. The van der Waals surface area contributed by atoms with Crippen LogP contribution < -0.4 is 10.4 Å². The van der Waals surface area contributed by atoms with E-state index in [1.807, 2.05) is 55.8 Å². The number of nitrogens with zero attached hydrogens (tertiary/aromatic N) is 7. The quantitative estimate of drug-likeness (QED) is 0.250. The average molecular weight is 474 g/mol. The molecular weight excluding hydrogens is 446 g/mol. The normalized spacial score (nSPS) is 13.6. The molecule has 0 atom stereocenters. The molecule has 2 aromatic heterocycles. The Hall–Kier alpha value is -4.21. The zero-order valence-electron chi connectivity index (χ0n) is 20.1. The molecule has 1 N–H and O–H groups in total. The van der Waals surface area contributed by atoms with Gasteiger partial charge in [0.1, 0.15) is 12.4 Å². The van der Waals surface area contributed by atoms with Crippen LogP contribution in [0.15, 0.2) is 46.3 Å². The molecule has 2 heterocycles. The summed E-state index contributed by atoms with van der Waals surface area (Å²) in [4.78, 5) is 12.5. The molecule has 0 spiro atoms. The number of ether oxygens (including phenoxy) is 1. The third kappa shape index (κ3) is 4.11. The van der Waals surface area contributed by atoms with Gasteiger partial charge in [0.25, 0.3) is 0 Å².